The number of carbonyl (C=O) groups excluding carboxylic acids is 2. The van der Waals surface area contributed by atoms with Crippen molar-refractivity contribution in [3.63, 3.8) is 0 Å². The van der Waals surface area contributed by atoms with Gasteiger partial charge in [-0.1, -0.05) is 36.4 Å². The van der Waals surface area contributed by atoms with Gasteiger partial charge in [-0.3, -0.25) is 14.4 Å². The third-order valence-corrected chi connectivity index (χ3v) is 4.48. The molecule has 31 heavy (non-hydrogen) atoms. The normalized spacial score (nSPS) is 12.0. The molecule has 154 valence electrons. The molecular formula is C22H17N5O4. The van der Waals surface area contributed by atoms with E-state index in [0.717, 1.165) is 0 Å². The minimum atomic E-state index is -1.22. The highest BCUT2D eigenvalue weighted by Crippen LogP contribution is 2.20. The summed E-state index contributed by atoms with van der Waals surface area (Å²) in [6.07, 6.45) is 2.80. The van der Waals surface area contributed by atoms with E-state index in [1.54, 1.807) is 66.7 Å². The van der Waals surface area contributed by atoms with E-state index in [4.69, 9.17) is 4.42 Å². The summed E-state index contributed by atoms with van der Waals surface area (Å²) in [5, 5.41) is 13.8. The number of benzene rings is 2. The van der Waals surface area contributed by atoms with Crippen molar-refractivity contribution in [2.24, 2.45) is 5.10 Å². The van der Waals surface area contributed by atoms with E-state index in [1.807, 2.05) is 0 Å². The molecule has 2 aromatic carbocycles. The van der Waals surface area contributed by atoms with E-state index in [2.05, 4.69) is 26.0 Å². The van der Waals surface area contributed by atoms with Crippen LogP contribution in [0.5, 0.6) is 0 Å². The van der Waals surface area contributed by atoms with Crippen LogP contribution in [0.25, 0.3) is 10.8 Å². The summed E-state index contributed by atoms with van der Waals surface area (Å²) in [5.41, 5.74) is 2.53. The van der Waals surface area contributed by atoms with Crippen molar-refractivity contribution in [2.45, 2.75) is 6.04 Å². The Morgan fingerprint density at radius 1 is 1.00 bits per heavy atom. The molecule has 0 radical (unpaired) electrons. The average Bonchev–Trinajstić information content (AvgIpc) is 3.32. The Morgan fingerprint density at radius 3 is 2.48 bits per heavy atom. The number of aromatic amines is 1. The van der Waals surface area contributed by atoms with Crippen LogP contribution in [-0.2, 0) is 4.79 Å². The molecule has 0 fully saturated rings. The second-order valence-electron chi connectivity index (χ2n) is 6.51. The topological polar surface area (TPSA) is 129 Å². The first-order valence-corrected chi connectivity index (χ1v) is 9.33. The number of hydrogen-bond donors (Lipinski definition) is 3. The first-order valence-electron chi connectivity index (χ1n) is 9.33. The molecule has 0 spiro atoms. The monoisotopic (exact) mass is 415 g/mol. The molecule has 3 N–H and O–H groups in total. The van der Waals surface area contributed by atoms with Crippen molar-refractivity contribution in [2.75, 3.05) is 0 Å². The number of hydrogen-bond acceptors (Lipinski definition) is 6. The van der Waals surface area contributed by atoms with E-state index >= 15 is 0 Å². The Morgan fingerprint density at radius 2 is 1.74 bits per heavy atom. The first kappa shape index (κ1) is 19.8. The van der Waals surface area contributed by atoms with Crippen LogP contribution >= 0.6 is 0 Å². The summed E-state index contributed by atoms with van der Waals surface area (Å²) in [6.45, 7) is 0. The maximum atomic E-state index is 13.0. The number of furan rings is 1. The number of amides is 2. The van der Waals surface area contributed by atoms with Crippen LogP contribution in [0, 0.1) is 0 Å². The molecule has 0 aliphatic carbocycles. The fraction of sp³-hybridized carbons (Fsp3) is 0.0455. The number of nitrogens with zero attached hydrogens (tertiary/aromatic N) is 2. The first-order chi connectivity index (χ1) is 15.1. The summed E-state index contributed by atoms with van der Waals surface area (Å²) in [6, 6.07) is 17.3. The molecule has 0 aliphatic heterocycles. The average molecular weight is 415 g/mol. The van der Waals surface area contributed by atoms with Gasteiger partial charge in [0.25, 0.3) is 17.4 Å². The van der Waals surface area contributed by atoms with Gasteiger partial charge in [-0.25, -0.2) is 10.5 Å². The molecule has 1 unspecified atom stereocenters. The Bertz CT molecular complexity index is 1300. The molecule has 4 rings (SSSR count). The largest absolute Gasteiger partial charge is 0.463 e. The number of fused-ring (bicyclic) bond motifs is 1. The second kappa shape index (κ2) is 8.87. The molecule has 0 saturated heterocycles. The Hall–Kier alpha value is -4.53. The summed E-state index contributed by atoms with van der Waals surface area (Å²) >= 11 is 0. The van der Waals surface area contributed by atoms with Crippen molar-refractivity contribution in [3.8, 4) is 0 Å². The molecule has 0 saturated carbocycles. The van der Waals surface area contributed by atoms with Gasteiger partial charge < -0.3 is 9.73 Å². The predicted octanol–water partition coefficient (Wildman–Crippen LogP) is 2.14. The van der Waals surface area contributed by atoms with Gasteiger partial charge in [0.1, 0.15) is 11.5 Å². The minimum Gasteiger partial charge on any atom is -0.463 e. The summed E-state index contributed by atoms with van der Waals surface area (Å²) < 4.78 is 5.13. The lowest BCUT2D eigenvalue weighted by atomic mass is 10.0. The molecule has 2 amide bonds. The molecule has 9 heteroatoms. The fourth-order valence-corrected chi connectivity index (χ4v) is 3.01. The van der Waals surface area contributed by atoms with Gasteiger partial charge >= 0.3 is 0 Å². The molecule has 2 heterocycles. The van der Waals surface area contributed by atoms with Gasteiger partial charge in [0.15, 0.2) is 6.04 Å². The van der Waals surface area contributed by atoms with E-state index in [1.165, 1.54) is 12.5 Å². The molecule has 2 aromatic heterocycles. The standard InChI is InChI=1S/C22H17N5O4/c28-20(14-7-2-1-3-8-14)24-19(22(30)26-23-13-15-9-6-12-31-15)18-16-10-4-5-11-17(16)21(29)27-25-18/h1-13,19H,(H,24,28)(H,26,30)(H,27,29)/b23-13+. The van der Waals surface area contributed by atoms with E-state index in [9.17, 15) is 14.4 Å². The highest BCUT2D eigenvalue weighted by molar-refractivity contribution is 5.99. The molecule has 4 aromatic rings. The zero-order chi connectivity index (χ0) is 21.6. The second-order valence-corrected chi connectivity index (χ2v) is 6.51. The lowest BCUT2D eigenvalue weighted by Crippen LogP contribution is -2.40. The Labute approximate surface area is 175 Å². The van der Waals surface area contributed by atoms with Crippen LogP contribution < -0.4 is 16.3 Å². The smallest absolute Gasteiger partial charge is 0.272 e. The van der Waals surface area contributed by atoms with Crippen molar-refractivity contribution in [1.82, 2.24) is 20.9 Å². The lowest BCUT2D eigenvalue weighted by Gasteiger charge is -2.18. The Balaban J connectivity index is 1.69. The maximum absolute atomic E-state index is 13.0. The number of H-pyrrole nitrogens is 1. The highest BCUT2D eigenvalue weighted by Gasteiger charge is 2.27. The van der Waals surface area contributed by atoms with Crippen LogP contribution in [0.4, 0.5) is 0 Å². The zero-order valence-corrected chi connectivity index (χ0v) is 16.1. The minimum absolute atomic E-state index is 0.185. The third kappa shape index (κ3) is 4.40. The quantitative estimate of drug-likeness (QED) is 0.328. The van der Waals surface area contributed by atoms with Gasteiger partial charge in [0.2, 0.25) is 0 Å². The van der Waals surface area contributed by atoms with Crippen LogP contribution in [0.1, 0.15) is 27.9 Å². The van der Waals surface area contributed by atoms with E-state index in [0.29, 0.717) is 22.1 Å². The molecule has 0 aliphatic rings. The number of rotatable bonds is 6. The molecule has 1 atom stereocenters. The number of hydrazone groups is 1. The van der Waals surface area contributed by atoms with Crippen LogP contribution in [-0.4, -0.2) is 28.2 Å². The summed E-state index contributed by atoms with van der Waals surface area (Å²) in [5.74, 6) is -0.678. The summed E-state index contributed by atoms with van der Waals surface area (Å²) in [4.78, 5) is 37.8. The SMILES string of the molecule is O=C(NC(C(=O)N/N=C/c1ccco1)c1n[nH]c(=O)c2ccccc12)c1ccccc1. The molecular weight excluding hydrogens is 398 g/mol. The molecule has 9 nitrogen and oxygen atoms in total. The van der Waals surface area contributed by atoms with Crippen LogP contribution in [0.15, 0.2) is 87.3 Å². The zero-order valence-electron chi connectivity index (χ0n) is 16.1. The highest BCUT2D eigenvalue weighted by atomic mass is 16.3. The van der Waals surface area contributed by atoms with E-state index < -0.39 is 23.4 Å². The number of nitrogens with one attached hydrogen (secondary N) is 3. The number of aromatic nitrogens is 2. The lowest BCUT2D eigenvalue weighted by molar-refractivity contribution is -0.123. The van der Waals surface area contributed by atoms with Crippen molar-refractivity contribution < 1.29 is 14.0 Å². The van der Waals surface area contributed by atoms with Gasteiger partial charge in [-0.05, 0) is 30.3 Å². The van der Waals surface area contributed by atoms with Gasteiger partial charge in [-0.15, -0.1) is 0 Å². The summed E-state index contributed by atoms with van der Waals surface area (Å²) in [7, 11) is 0. The third-order valence-electron chi connectivity index (χ3n) is 4.48. The fourth-order valence-electron chi connectivity index (χ4n) is 3.01. The number of carbonyl (C=O) groups is 2. The van der Waals surface area contributed by atoms with Crippen molar-refractivity contribution >= 4 is 28.8 Å². The van der Waals surface area contributed by atoms with Crippen LogP contribution in [0.3, 0.4) is 0 Å². The maximum Gasteiger partial charge on any atom is 0.272 e. The molecule has 0 bridgehead atoms. The predicted molar refractivity (Wildman–Crippen MR) is 113 cm³/mol. The van der Waals surface area contributed by atoms with Gasteiger partial charge in [0, 0.05) is 10.9 Å². The van der Waals surface area contributed by atoms with Crippen LogP contribution in [0.2, 0.25) is 0 Å². The van der Waals surface area contributed by atoms with Crippen molar-refractivity contribution in [1.29, 1.82) is 0 Å². The van der Waals surface area contributed by atoms with Gasteiger partial charge in [-0.2, -0.15) is 10.2 Å². The Kier molecular flexibility index (Phi) is 5.66. The van der Waals surface area contributed by atoms with Gasteiger partial charge in [0.05, 0.1) is 17.9 Å². The van der Waals surface area contributed by atoms with E-state index in [-0.39, 0.29) is 5.69 Å². The van der Waals surface area contributed by atoms with Crippen molar-refractivity contribution in [3.05, 3.63) is 100 Å².